The van der Waals surface area contributed by atoms with Crippen molar-refractivity contribution in [2.24, 2.45) is 11.8 Å². The first kappa shape index (κ1) is 27.0. The molecule has 6 atom stereocenters. The minimum Gasteiger partial charge on any atom is -0.359 e. The number of fused-ring (bicyclic) bond motifs is 1. The van der Waals surface area contributed by atoms with E-state index < -0.39 is 29.6 Å². The summed E-state index contributed by atoms with van der Waals surface area (Å²) in [6.07, 6.45) is 9.89. The quantitative estimate of drug-likeness (QED) is 0.449. The van der Waals surface area contributed by atoms with Gasteiger partial charge in [-0.15, -0.1) is 0 Å². The van der Waals surface area contributed by atoms with Crippen LogP contribution in [-0.2, 0) is 25.5 Å². The average Bonchev–Trinajstić information content (AvgIpc) is 3.61. The van der Waals surface area contributed by atoms with Crippen LogP contribution in [-0.4, -0.2) is 52.5 Å². The largest absolute Gasteiger partial charge is 0.359 e. The Balaban J connectivity index is 1.29. The molecule has 1 saturated carbocycles. The third kappa shape index (κ3) is 4.83. The Kier molecular flexibility index (Phi) is 7.44. The lowest BCUT2D eigenvalue weighted by Gasteiger charge is -2.36. The van der Waals surface area contributed by atoms with Crippen LogP contribution in [0.15, 0.2) is 66.7 Å². The normalized spacial score (nSPS) is 29.9. The Hall–Kier alpha value is -3.16. The fourth-order valence-electron chi connectivity index (χ4n) is 7.13. The van der Waals surface area contributed by atoms with E-state index in [1.165, 1.54) is 12.0 Å². The first-order valence-corrected chi connectivity index (χ1v) is 14.9. The lowest BCUT2D eigenvalue weighted by Crippen LogP contribution is -2.58. The molecule has 0 aromatic heterocycles. The molecule has 210 valence electrons. The van der Waals surface area contributed by atoms with E-state index >= 15 is 0 Å². The van der Waals surface area contributed by atoms with Crippen LogP contribution in [0.3, 0.4) is 0 Å². The summed E-state index contributed by atoms with van der Waals surface area (Å²) in [7, 11) is 0. The Morgan fingerprint density at radius 2 is 1.77 bits per heavy atom. The van der Waals surface area contributed by atoms with Gasteiger partial charge in [0.05, 0.1) is 17.9 Å². The zero-order valence-corrected chi connectivity index (χ0v) is 23.5. The monoisotopic (exact) mass is 561 g/mol. The van der Waals surface area contributed by atoms with Gasteiger partial charge in [-0.2, -0.15) is 0 Å². The van der Waals surface area contributed by atoms with Crippen molar-refractivity contribution in [1.82, 2.24) is 10.2 Å². The van der Waals surface area contributed by atoms with E-state index in [-0.39, 0.29) is 29.8 Å². The van der Waals surface area contributed by atoms with Crippen molar-refractivity contribution in [3.8, 4) is 0 Å². The van der Waals surface area contributed by atoms with Gasteiger partial charge in [-0.3, -0.25) is 14.4 Å². The van der Waals surface area contributed by atoms with Crippen molar-refractivity contribution < 1.29 is 19.1 Å². The van der Waals surface area contributed by atoms with Crippen molar-refractivity contribution in [2.75, 3.05) is 5.32 Å². The van der Waals surface area contributed by atoms with Gasteiger partial charge in [-0.1, -0.05) is 73.3 Å². The predicted octanol–water partition coefficient (Wildman–Crippen LogP) is 4.90. The molecule has 2 bridgehead atoms. The standard InChI is InChI=1S/C32H36ClN3O4/c1-20(12-13-21-8-4-2-5-9-21)36-28(30(38)35-23-10-6-3-7-11-23)32-19-18-25(40-32)26(27(32)31(36)39)29(37)34-24-16-14-22(33)15-17-24/h2,4-5,8-9,14-20,23,25-28H,3,6-7,10-13H2,1H3,(H,34,37)(H,35,38)/t20-,25+,26+,27+,28-,32+/m1/s1. The van der Waals surface area contributed by atoms with Crippen molar-refractivity contribution in [3.05, 3.63) is 77.3 Å². The second kappa shape index (κ2) is 11.0. The molecule has 2 aromatic carbocycles. The fourth-order valence-corrected chi connectivity index (χ4v) is 7.25. The fraction of sp³-hybridized carbons (Fsp3) is 0.469. The summed E-state index contributed by atoms with van der Waals surface area (Å²) in [5, 5.41) is 6.77. The second-order valence-corrected chi connectivity index (χ2v) is 12.1. The predicted molar refractivity (Wildman–Crippen MR) is 154 cm³/mol. The second-order valence-electron chi connectivity index (χ2n) is 11.7. The molecule has 3 heterocycles. The summed E-state index contributed by atoms with van der Waals surface area (Å²) in [5.74, 6) is -2.16. The van der Waals surface area contributed by atoms with Gasteiger partial charge < -0.3 is 20.3 Å². The van der Waals surface area contributed by atoms with E-state index in [2.05, 4.69) is 22.8 Å². The number of nitrogens with zero attached hydrogens (tertiary/aromatic N) is 1. The number of anilines is 1. The summed E-state index contributed by atoms with van der Waals surface area (Å²) in [5.41, 5.74) is 0.615. The smallest absolute Gasteiger partial charge is 0.246 e. The molecule has 4 aliphatic rings. The first-order valence-electron chi connectivity index (χ1n) is 14.5. The van der Waals surface area contributed by atoms with Gasteiger partial charge >= 0.3 is 0 Å². The molecule has 8 heteroatoms. The highest BCUT2D eigenvalue weighted by Crippen LogP contribution is 2.56. The lowest BCUT2D eigenvalue weighted by molar-refractivity contribution is -0.143. The molecule has 7 nitrogen and oxygen atoms in total. The average molecular weight is 562 g/mol. The number of nitrogens with one attached hydrogen (secondary N) is 2. The van der Waals surface area contributed by atoms with Crippen LogP contribution in [0.4, 0.5) is 5.69 Å². The molecule has 1 spiro atoms. The molecule has 0 radical (unpaired) electrons. The number of ether oxygens (including phenoxy) is 1. The van der Waals surface area contributed by atoms with E-state index in [9.17, 15) is 14.4 Å². The first-order chi connectivity index (χ1) is 19.4. The Morgan fingerprint density at radius 1 is 1.05 bits per heavy atom. The molecule has 2 saturated heterocycles. The van der Waals surface area contributed by atoms with E-state index in [4.69, 9.17) is 16.3 Å². The van der Waals surface area contributed by atoms with Gasteiger partial charge in [0.1, 0.15) is 11.6 Å². The third-order valence-corrected chi connectivity index (χ3v) is 9.35. The zero-order chi connectivity index (χ0) is 27.9. The minimum absolute atomic E-state index is 0.0971. The number of carbonyl (C=O) groups excluding carboxylic acids is 3. The molecule has 40 heavy (non-hydrogen) atoms. The molecule has 3 fully saturated rings. The number of hydrogen-bond donors (Lipinski definition) is 2. The summed E-state index contributed by atoms with van der Waals surface area (Å²) in [4.78, 5) is 43.7. The van der Waals surface area contributed by atoms with Crippen LogP contribution in [0.1, 0.15) is 51.0 Å². The SMILES string of the molecule is C[C@H](CCc1ccccc1)N1C(=O)[C@@H]2[C@@H](C(=O)Nc3ccc(Cl)cc3)[C@@H]3C=C[C@@]2(O3)[C@H]1C(=O)NC1CCCCC1. The molecule has 3 aliphatic heterocycles. The molecule has 2 N–H and O–H groups in total. The summed E-state index contributed by atoms with van der Waals surface area (Å²) in [6.45, 7) is 2.00. The lowest BCUT2D eigenvalue weighted by atomic mass is 9.74. The Morgan fingerprint density at radius 3 is 2.50 bits per heavy atom. The van der Waals surface area contributed by atoms with Gasteiger partial charge in [-0.05, 0) is 62.4 Å². The number of likely N-dealkylation sites (tertiary alicyclic amines) is 1. The highest BCUT2D eigenvalue weighted by atomic mass is 35.5. The van der Waals surface area contributed by atoms with Crippen molar-refractivity contribution in [1.29, 1.82) is 0 Å². The maximum Gasteiger partial charge on any atom is 0.246 e. The van der Waals surface area contributed by atoms with Crippen LogP contribution in [0, 0.1) is 11.8 Å². The van der Waals surface area contributed by atoms with Crippen molar-refractivity contribution >= 4 is 35.0 Å². The van der Waals surface area contributed by atoms with Gasteiger partial charge in [-0.25, -0.2) is 0 Å². The van der Waals surface area contributed by atoms with Crippen molar-refractivity contribution in [2.45, 2.75) is 81.7 Å². The van der Waals surface area contributed by atoms with Gasteiger partial charge in [0, 0.05) is 22.8 Å². The van der Waals surface area contributed by atoms with Crippen molar-refractivity contribution in [3.63, 3.8) is 0 Å². The highest BCUT2D eigenvalue weighted by Gasteiger charge is 2.73. The van der Waals surface area contributed by atoms with Crippen LogP contribution in [0.5, 0.6) is 0 Å². The molecule has 3 amide bonds. The zero-order valence-electron chi connectivity index (χ0n) is 22.7. The molecular weight excluding hydrogens is 526 g/mol. The number of benzene rings is 2. The van der Waals surface area contributed by atoms with Crippen LogP contribution < -0.4 is 10.6 Å². The Bertz CT molecular complexity index is 1290. The number of carbonyl (C=O) groups is 3. The van der Waals surface area contributed by atoms with Crippen LogP contribution >= 0.6 is 11.6 Å². The number of amides is 3. The maximum atomic E-state index is 14.3. The summed E-state index contributed by atoms with van der Waals surface area (Å²) >= 11 is 6.01. The number of hydrogen-bond acceptors (Lipinski definition) is 4. The third-order valence-electron chi connectivity index (χ3n) is 9.09. The van der Waals surface area contributed by atoms with E-state index in [0.717, 1.165) is 32.1 Å². The van der Waals surface area contributed by atoms with E-state index in [1.54, 1.807) is 29.2 Å². The molecule has 0 unspecified atom stereocenters. The molecular formula is C32H36ClN3O4. The maximum absolute atomic E-state index is 14.3. The van der Waals surface area contributed by atoms with E-state index in [1.807, 2.05) is 37.3 Å². The van der Waals surface area contributed by atoms with Gasteiger partial charge in [0.25, 0.3) is 0 Å². The summed E-state index contributed by atoms with van der Waals surface area (Å²) in [6, 6.07) is 16.1. The van der Waals surface area contributed by atoms with E-state index in [0.29, 0.717) is 17.1 Å². The highest BCUT2D eigenvalue weighted by molar-refractivity contribution is 6.30. The number of aryl methyl sites for hydroxylation is 1. The molecule has 6 rings (SSSR count). The van der Waals surface area contributed by atoms with Crippen LogP contribution in [0.25, 0.3) is 0 Å². The minimum atomic E-state index is -1.16. The topological polar surface area (TPSA) is 87.7 Å². The molecule has 2 aromatic rings. The summed E-state index contributed by atoms with van der Waals surface area (Å²) < 4.78 is 6.49. The van der Waals surface area contributed by atoms with Crippen LogP contribution in [0.2, 0.25) is 5.02 Å². The molecule has 1 aliphatic carbocycles. The van der Waals surface area contributed by atoms with Gasteiger partial charge in [0.15, 0.2) is 0 Å². The Labute approximate surface area is 240 Å². The number of halogens is 1. The van der Waals surface area contributed by atoms with Gasteiger partial charge in [0.2, 0.25) is 17.7 Å². The number of rotatable bonds is 8.